The number of aliphatic hydroxyl groups is 1. The maximum Gasteiger partial charge on any atom is 0.269 e. The second-order valence-electron chi connectivity index (χ2n) is 9.69. The number of methoxy groups -OCH3 is 1. The third kappa shape index (κ3) is 3.85. The summed E-state index contributed by atoms with van der Waals surface area (Å²) in [6, 6.07) is 14.5. The van der Waals surface area contributed by atoms with Crippen LogP contribution in [0.2, 0.25) is 0 Å². The number of ether oxygens (including phenoxy) is 1. The number of quaternary nitrogens is 1. The summed E-state index contributed by atoms with van der Waals surface area (Å²) in [7, 11) is 1.64. The van der Waals surface area contributed by atoms with Gasteiger partial charge < -0.3 is 14.3 Å². The fourth-order valence-corrected chi connectivity index (χ4v) is 6.21. The van der Waals surface area contributed by atoms with E-state index in [1.54, 1.807) is 25.4 Å². The summed E-state index contributed by atoms with van der Waals surface area (Å²) >= 11 is 0. The average molecular weight is 461 g/mol. The lowest BCUT2D eigenvalue weighted by Gasteiger charge is -2.58. The van der Waals surface area contributed by atoms with Crippen LogP contribution in [0, 0.1) is 22.0 Å². The van der Waals surface area contributed by atoms with Crippen molar-refractivity contribution in [3.05, 3.63) is 88.6 Å². The summed E-state index contributed by atoms with van der Waals surface area (Å²) in [5.74, 6) is 1.65. The Kier molecular flexibility index (Phi) is 5.83. The van der Waals surface area contributed by atoms with Gasteiger partial charge in [-0.05, 0) is 47.9 Å². The molecule has 0 radical (unpaired) electrons. The number of nitro benzene ring substituents is 1. The van der Waals surface area contributed by atoms with Crippen molar-refractivity contribution >= 4 is 16.6 Å². The third-order valence-electron chi connectivity index (χ3n) is 7.99. The van der Waals surface area contributed by atoms with E-state index in [1.807, 2.05) is 36.4 Å². The zero-order valence-electron chi connectivity index (χ0n) is 19.3. The molecule has 3 fully saturated rings. The van der Waals surface area contributed by atoms with Crippen molar-refractivity contribution in [1.82, 2.24) is 4.98 Å². The van der Waals surface area contributed by atoms with Crippen LogP contribution in [0.15, 0.2) is 67.4 Å². The van der Waals surface area contributed by atoms with E-state index in [2.05, 4.69) is 17.6 Å². The first-order chi connectivity index (χ1) is 16.4. The molecule has 6 rings (SSSR count). The van der Waals surface area contributed by atoms with E-state index in [0.717, 1.165) is 64.7 Å². The lowest BCUT2D eigenvalue weighted by molar-refractivity contribution is -0.984. The Balaban J connectivity index is 1.53. The molecule has 2 bridgehead atoms. The number of non-ortho nitro benzene ring substituents is 1. The molecule has 7 nitrogen and oxygen atoms in total. The van der Waals surface area contributed by atoms with E-state index in [-0.39, 0.29) is 16.7 Å². The number of nitro groups is 1. The van der Waals surface area contributed by atoms with E-state index < -0.39 is 6.10 Å². The zero-order valence-corrected chi connectivity index (χ0v) is 19.3. The van der Waals surface area contributed by atoms with Crippen molar-refractivity contribution in [3.8, 4) is 5.75 Å². The second-order valence-corrected chi connectivity index (χ2v) is 9.69. The number of hydrogen-bond donors (Lipinski definition) is 1. The highest BCUT2D eigenvalue weighted by atomic mass is 16.6. The van der Waals surface area contributed by atoms with Crippen LogP contribution in [0.1, 0.15) is 30.1 Å². The normalized spacial score (nSPS) is 26.8. The van der Waals surface area contributed by atoms with E-state index in [0.29, 0.717) is 11.8 Å². The predicted molar refractivity (Wildman–Crippen MR) is 130 cm³/mol. The lowest BCUT2D eigenvalue weighted by atomic mass is 9.71. The van der Waals surface area contributed by atoms with Crippen molar-refractivity contribution in [2.24, 2.45) is 11.8 Å². The molecule has 176 valence electrons. The van der Waals surface area contributed by atoms with Crippen LogP contribution in [0.3, 0.4) is 0 Å². The van der Waals surface area contributed by atoms with Crippen molar-refractivity contribution < 1.29 is 19.2 Å². The molecule has 0 aliphatic carbocycles. The summed E-state index contributed by atoms with van der Waals surface area (Å²) in [5.41, 5.74) is 2.85. The number of aliphatic hydroxyl groups excluding tert-OH is 1. The standard InChI is InChI=1S/C27H30N3O4/c1-3-19-17-30(16-18-4-6-21(7-5-18)29(32)33)13-11-20(19)14-26(30)27(31)23-10-12-28-25-9-8-22(34-2)15-24(23)25/h3-10,12,15,19-20,26-27,31H,1,11,13-14,16-17H2,2H3/q+1/t19-,20-,26+,27-,30+/m0/s1. The number of piperidine rings is 3. The van der Waals surface area contributed by atoms with Gasteiger partial charge >= 0.3 is 0 Å². The van der Waals surface area contributed by atoms with E-state index in [4.69, 9.17) is 4.74 Å². The van der Waals surface area contributed by atoms with Gasteiger partial charge in [0.1, 0.15) is 24.4 Å². The largest absolute Gasteiger partial charge is 0.497 e. The Hall–Kier alpha value is -3.29. The third-order valence-corrected chi connectivity index (χ3v) is 7.99. The molecule has 34 heavy (non-hydrogen) atoms. The summed E-state index contributed by atoms with van der Waals surface area (Å²) in [4.78, 5) is 15.2. The number of fused-ring (bicyclic) bond motifs is 4. The molecule has 7 heteroatoms. The van der Waals surface area contributed by atoms with E-state index >= 15 is 0 Å². The Morgan fingerprint density at radius 3 is 2.79 bits per heavy atom. The van der Waals surface area contributed by atoms with Crippen LogP contribution in [0.5, 0.6) is 5.75 Å². The number of aromatic nitrogens is 1. The number of rotatable bonds is 7. The maximum atomic E-state index is 11.8. The predicted octanol–water partition coefficient (Wildman–Crippen LogP) is 4.80. The first-order valence-corrected chi connectivity index (χ1v) is 11.8. The van der Waals surface area contributed by atoms with Crippen molar-refractivity contribution in [2.45, 2.75) is 31.5 Å². The van der Waals surface area contributed by atoms with Gasteiger partial charge in [-0.3, -0.25) is 15.1 Å². The first-order valence-electron chi connectivity index (χ1n) is 11.8. The molecular weight excluding hydrogens is 430 g/mol. The molecule has 0 saturated carbocycles. The molecule has 1 N–H and O–H groups in total. The molecule has 0 spiro atoms. The van der Waals surface area contributed by atoms with Gasteiger partial charge in [0.25, 0.3) is 5.69 Å². The Labute approximate surface area is 199 Å². The summed E-state index contributed by atoms with van der Waals surface area (Å²) < 4.78 is 6.18. The molecule has 3 saturated heterocycles. The summed E-state index contributed by atoms with van der Waals surface area (Å²) in [5, 5.41) is 23.9. The van der Waals surface area contributed by atoms with E-state index in [9.17, 15) is 15.2 Å². The Morgan fingerprint density at radius 1 is 1.29 bits per heavy atom. The molecule has 1 aromatic heterocycles. The quantitative estimate of drug-likeness (QED) is 0.237. The molecule has 4 heterocycles. The highest BCUT2D eigenvalue weighted by molar-refractivity contribution is 5.83. The molecule has 3 aromatic rings. The van der Waals surface area contributed by atoms with Crippen molar-refractivity contribution in [2.75, 3.05) is 20.2 Å². The van der Waals surface area contributed by atoms with Crippen LogP contribution in [-0.2, 0) is 6.54 Å². The number of hydrogen-bond acceptors (Lipinski definition) is 5. The topological polar surface area (TPSA) is 85.5 Å². The van der Waals surface area contributed by atoms with Crippen molar-refractivity contribution in [3.63, 3.8) is 0 Å². The van der Waals surface area contributed by atoms with Crippen molar-refractivity contribution in [1.29, 1.82) is 0 Å². The maximum absolute atomic E-state index is 11.8. The van der Waals surface area contributed by atoms with Gasteiger partial charge in [-0.15, -0.1) is 6.58 Å². The van der Waals surface area contributed by atoms with Gasteiger partial charge in [-0.25, -0.2) is 0 Å². The number of nitrogens with zero attached hydrogens (tertiary/aromatic N) is 3. The van der Waals surface area contributed by atoms with Gasteiger partial charge in [0, 0.05) is 48.0 Å². The highest BCUT2D eigenvalue weighted by Crippen LogP contribution is 2.48. The van der Waals surface area contributed by atoms with Crippen LogP contribution in [0.25, 0.3) is 10.9 Å². The second kappa shape index (κ2) is 8.81. The van der Waals surface area contributed by atoms with Gasteiger partial charge in [0.05, 0.1) is 30.6 Å². The van der Waals surface area contributed by atoms with Gasteiger partial charge in [0.2, 0.25) is 0 Å². The fourth-order valence-electron chi connectivity index (χ4n) is 6.21. The van der Waals surface area contributed by atoms with Gasteiger partial charge in [-0.2, -0.15) is 0 Å². The SMILES string of the molecule is C=C[C@H]1C[N@+]2(Cc3ccc([N+](=O)[O-])cc3)CC[C@H]1C[C@@H]2[C@@H](O)c1ccnc2ccc(OC)cc12. The minimum atomic E-state index is -0.663. The summed E-state index contributed by atoms with van der Waals surface area (Å²) in [6.45, 7) is 6.70. The monoisotopic (exact) mass is 460 g/mol. The Bertz CT molecular complexity index is 1230. The fraction of sp³-hybridized carbons (Fsp3) is 0.370. The molecule has 3 aliphatic rings. The molecule has 0 amide bonds. The lowest BCUT2D eigenvalue weighted by Crippen LogP contribution is -2.67. The minimum absolute atomic E-state index is 0.0157. The highest BCUT2D eigenvalue weighted by Gasteiger charge is 2.54. The molecule has 3 aliphatic heterocycles. The molecule has 5 atom stereocenters. The summed E-state index contributed by atoms with van der Waals surface area (Å²) in [6.07, 6.45) is 5.18. The van der Waals surface area contributed by atoms with Crippen LogP contribution < -0.4 is 4.74 Å². The van der Waals surface area contributed by atoms with Gasteiger partial charge in [0.15, 0.2) is 0 Å². The smallest absolute Gasteiger partial charge is 0.269 e. The van der Waals surface area contributed by atoms with Gasteiger partial charge in [-0.1, -0.05) is 6.08 Å². The average Bonchev–Trinajstić information content (AvgIpc) is 2.87. The minimum Gasteiger partial charge on any atom is -0.497 e. The number of benzene rings is 2. The zero-order chi connectivity index (χ0) is 23.9. The van der Waals surface area contributed by atoms with E-state index in [1.165, 1.54) is 0 Å². The van der Waals surface area contributed by atoms with Crippen LogP contribution >= 0.6 is 0 Å². The molecular formula is C27H30N3O4+. The molecule has 0 unspecified atom stereocenters. The van der Waals surface area contributed by atoms with Crippen LogP contribution in [-0.4, -0.2) is 45.7 Å². The molecule has 2 aromatic carbocycles. The number of pyridine rings is 1. The van der Waals surface area contributed by atoms with Crippen LogP contribution in [0.4, 0.5) is 5.69 Å². The Morgan fingerprint density at radius 2 is 2.09 bits per heavy atom. The first kappa shape index (κ1) is 22.5.